The van der Waals surface area contributed by atoms with Crippen LogP contribution in [0.2, 0.25) is 0 Å². The van der Waals surface area contributed by atoms with Gasteiger partial charge in [-0.2, -0.15) is 0 Å². The van der Waals surface area contributed by atoms with Crippen molar-refractivity contribution in [2.75, 3.05) is 13.1 Å². The fourth-order valence-electron chi connectivity index (χ4n) is 1.82. The monoisotopic (exact) mass is 275 g/mol. The van der Waals surface area contributed by atoms with Crippen molar-refractivity contribution in [1.82, 2.24) is 14.5 Å². The lowest BCUT2D eigenvalue weighted by Crippen LogP contribution is -2.23. The molecule has 3 nitrogen and oxygen atoms in total. The third kappa shape index (κ3) is 2.15. The Hall–Kier alpha value is -0.0000000000000000555. The van der Waals surface area contributed by atoms with E-state index in [4.69, 9.17) is 0 Å². The zero-order chi connectivity index (χ0) is 10.2. The minimum atomic E-state index is 0.365. The predicted molar refractivity (Wildman–Crippen MR) is 61.7 cm³/mol. The van der Waals surface area contributed by atoms with Crippen molar-refractivity contribution in [2.45, 2.75) is 25.2 Å². The second-order valence-electron chi connectivity index (χ2n) is 4.52. The molecule has 1 atom stereocenters. The molecule has 0 bridgehead atoms. The van der Waals surface area contributed by atoms with Crippen LogP contribution in [-0.2, 0) is 6.54 Å². The molecule has 1 aliphatic rings. The van der Waals surface area contributed by atoms with Crippen molar-refractivity contribution in [1.29, 1.82) is 0 Å². The second kappa shape index (κ2) is 3.87. The molecule has 0 N–H and O–H groups in total. The highest BCUT2D eigenvalue weighted by Crippen LogP contribution is 2.35. The molecule has 5 heteroatoms. The quantitative estimate of drug-likeness (QED) is 0.775. The van der Waals surface area contributed by atoms with E-state index in [0.717, 1.165) is 25.3 Å². The standard InChI is InChI=1S/C9H14BrN3S/c1-9(2)6-13(4-8(9)10)3-7-5-14-12-11-7/h5,8H,3-4,6H2,1-2H3. The summed E-state index contributed by atoms with van der Waals surface area (Å²) in [5.74, 6) is 0. The highest BCUT2D eigenvalue weighted by Gasteiger charge is 2.37. The maximum atomic E-state index is 4.06. The largest absolute Gasteiger partial charge is 0.296 e. The summed E-state index contributed by atoms with van der Waals surface area (Å²) in [7, 11) is 0. The van der Waals surface area contributed by atoms with Crippen LogP contribution in [0.25, 0.3) is 0 Å². The summed E-state index contributed by atoms with van der Waals surface area (Å²) >= 11 is 5.15. The van der Waals surface area contributed by atoms with Gasteiger partial charge in [0, 0.05) is 29.8 Å². The van der Waals surface area contributed by atoms with Gasteiger partial charge in [-0.25, -0.2) is 0 Å². The van der Waals surface area contributed by atoms with Crippen LogP contribution in [-0.4, -0.2) is 32.4 Å². The summed E-state index contributed by atoms with van der Waals surface area (Å²) in [4.78, 5) is 3.01. The molecule has 78 valence electrons. The Kier molecular flexibility index (Phi) is 2.91. The number of aromatic nitrogens is 2. The molecule has 2 rings (SSSR count). The third-order valence-corrected chi connectivity index (χ3v) is 4.77. The first kappa shape index (κ1) is 10.5. The minimum Gasteiger partial charge on any atom is -0.296 e. The van der Waals surface area contributed by atoms with Gasteiger partial charge in [-0.1, -0.05) is 34.3 Å². The van der Waals surface area contributed by atoms with Crippen LogP contribution in [0, 0.1) is 5.41 Å². The zero-order valence-electron chi connectivity index (χ0n) is 8.40. The summed E-state index contributed by atoms with van der Waals surface area (Å²) in [5.41, 5.74) is 1.45. The minimum absolute atomic E-state index is 0.365. The molecule has 0 aliphatic carbocycles. The highest BCUT2D eigenvalue weighted by molar-refractivity contribution is 9.09. The van der Waals surface area contributed by atoms with Crippen LogP contribution >= 0.6 is 27.5 Å². The molecule has 1 aliphatic heterocycles. The molecule has 1 aromatic heterocycles. The van der Waals surface area contributed by atoms with Crippen LogP contribution in [0.5, 0.6) is 0 Å². The summed E-state index contributed by atoms with van der Waals surface area (Å²) in [6.45, 7) is 7.75. The molecule has 2 heterocycles. The Morgan fingerprint density at radius 1 is 1.71 bits per heavy atom. The van der Waals surface area contributed by atoms with E-state index >= 15 is 0 Å². The first-order valence-electron chi connectivity index (χ1n) is 4.70. The van der Waals surface area contributed by atoms with Gasteiger partial charge in [-0.05, 0) is 16.9 Å². The van der Waals surface area contributed by atoms with Crippen LogP contribution in [0.4, 0.5) is 0 Å². The Balaban J connectivity index is 1.96. The average Bonchev–Trinajstić information content (AvgIpc) is 2.62. The zero-order valence-corrected chi connectivity index (χ0v) is 10.8. The van der Waals surface area contributed by atoms with Gasteiger partial charge in [0.1, 0.15) is 0 Å². The number of hydrogen-bond donors (Lipinski definition) is 0. The lowest BCUT2D eigenvalue weighted by atomic mass is 9.93. The van der Waals surface area contributed by atoms with Crippen LogP contribution in [0.3, 0.4) is 0 Å². The molecular formula is C9H14BrN3S. The molecule has 0 spiro atoms. The maximum absolute atomic E-state index is 4.06. The fraction of sp³-hybridized carbons (Fsp3) is 0.778. The van der Waals surface area contributed by atoms with Gasteiger partial charge in [0.25, 0.3) is 0 Å². The maximum Gasteiger partial charge on any atom is 0.0895 e. The first-order chi connectivity index (χ1) is 6.58. The summed E-state index contributed by atoms with van der Waals surface area (Å²) in [6, 6.07) is 0. The smallest absolute Gasteiger partial charge is 0.0895 e. The van der Waals surface area contributed by atoms with Crippen molar-refractivity contribution in [3.63, 3.8) is 0 Å². The average molecular weight is 276 g/mol. The summed E-state index contributed by atoms with van der Waals surface area (Å²) < 4.78 is 3.87. The number of nitrogens with zero attached hydrogens (tertiary/aromatic N) is 3. The molecule has 0 aromatic carbocycles. The van der Waals surface area contributed by atoms with Crippen molar-refractivity contribution in [2.24, 2.45) is 5.41 Å². The molecular weight excluding hydrogens is 262 g/mol. The van der Waals surface area contributed by atoms with Crippen molar-refractivity contribution in [3.8, 4) is 0 Å². The van der Waals surface area contributed by atoms with Crippen LogP contribution in [0.1, 0.15) is 19.5 Å². The summed E-state index contributed by atoms with van der Waals surface area (Å²) in [6.07, 6.45) is 0. The van der Waals surface area contributed by atoms with E-state index < -0.39 is 0 Å². The van der Waals surface area contributed by atoms with Gasteiger partial charge >= 0.3 is 0 Å². The van der Waals surface area contributed by atoms with E-state index in [-0.39, 0.29) is 0 Å². The molecule has 1 saturated heterocycles. The van der Waals surface area contributed by atoms with Crippen molar-refractivity contribution < 1.29 is 0 Å². The van der Waals surface area contributed by atoms with Crippen molar-refractivity contribution in [3.05, 3.63) is 11.1 Å². The SMILES string of the molecule is CC1(C)CN(Cc2csnn2)CC1Br. The van der Waals surface area contributed by atoms with Gasteiger partial charge < -0.3 is 0 Å². The van der Waals surface area contributed by atoms with Gasteiger partial charge in [-0.15, -0.1) is 5.10 Å². The van der Waals surface area contributed by atoms with E-state index in [9.17, 15) is 0 Å². The molecule has 1 fully saturated rings. The molecule has 0 radical (unpaired) electrons. The van der Waals surface area contributed by atoms with E-state index in [1.807, 2.05) is 5.38 Å². The second-order valence-corrected chi connectivity index (χ2v) is 6.24. The highest BCUT2D eigenvalue weighted by atomic mass is 79.9. The molecule has 0 amide bonds. The van der Waals surface area contributed by atoms with E-state index in [1.165, 1.54) is 11.5 Å². The molecule has 1 unspecified atom stereocenters. The normalized spacial score (nSPS) is 26.9. The van der Waals surface area contributed by atoms with Crippen molar-refractivity contribution >= 4 is 27.5 Å². The Labute approximate surface area is 96.8 Å². The van der Waals surface area contributed by atoms with E-state index in [1.54, 1.807) is 0 Å². The lowest BCUT2D eigenvalue weighted by Gasteiger charge is -2.20. The fourth-order valence-corrected chi connectivity index (χ4v) is 2.81. The topological polar surface area (TPSA) is 29.0 Å². The first-order valence-corrected chi connectivity index (χ1v) is 6.45. The van der Waals surface area contributed by atoms with Gasteiger partial charge in [-0.3, -0.25) is 4.90 Å². The molecule has 1 aromatic rings. The number of hydrogen-bond acceptors (Lipinski definition) is 4. The van der Waals surface area contributed by atoms with E-state index in [0.29, 0.717) is 10.2 Å². The van der Waals surface area contributed by atoms with Crippen LogP contribution in [0.15, 0.2) is 5.38 Å². The number of alkyl halides is 1. The van der Waals surface area contributed by atoms with Gasteiger partial charge in [0.2, 0.25) is 0 Å². The molecule has 14 heavy (non-hydrogen) atoms. The number of likely N-dealkylation sites (tertiary alicyclic amines) is 1. The van der Waals surface area contributed by atoms with E-state index in [2.05, 4.69) is 44.3 Å². The summed E-state index contributed by atoms with van der Waals surface area (Å²) in [5, 5.41) is 6.09. The number of rotatable bonds is 2. The Bertz CT molecular complexity index is 299. The molecule has 0 saturated carbocycles. The van der Waals surface area contributed by atoms with Gasteiger partial charge in [0.05, 0.1) is 5.69 Å². The third-order valence-electron chi connectivity index (χ3n) is 2.69. The van der Waals surface area contributed by atoms with Crippen LogP contribution < -0.4 is 0 Å². The van der Waals surface area contributed by atoms with Gasteiger partial charge in [0.15, 0.2) is 0 Å². The predicted octanol–water partition coefficient (Wildman–Crippen LogP) is 2.14. The Morgan fingerprint density at radius 2 is 2.50 bits per heavy atom. The lowest BCUT2D eigenvalue weighted by molar-refractivity contribution is 0.282. The Morgan fingerprint density at radius 3 is 3.00 bits per heavy atom. The number of halogens is 1.